The van der Waals surface area contributed by atoms with Crippen molar-refractivity contribution >= 4 is 17.5 Å². The Morgan fingerprint density at radius 3 is 2.33 bits per heavy atom. The number of unbranched alkanes of at least 4 members (excludes halogenated alkanes) is 1. The number of carbonyl (C=O) groups is 2. The molecule has 2 fully saturated rings. The summed E-state index contributed by atoms with van der Waals surface area (Å²) in [5, 5.41) is 0. The Hall–Kier alpha value is -2.04. The summed E-state index contributed by atoms with van der Waals surface area (Å²) in [6.07, 6.45) is 4.29. The second kappa shape index (κ2) is 9.25. The number of aryl methyl sites for hydroxylation is 1. The lowest BCUT2D eigenvalue weighted by Gasteiger charge is -2.39. The van der Waals surface area contributed by atoms with Crippen LogP contribution in [0.25, 0.3) is 0 Å². The number of piperazine rings is 1. The minimum Gasteiger partial charge on any atom is -0.368 e. The SMILES string of the molecule is CCCCC(=O)N1CCC(C(=O)N2CCN(c3cccc(C)c3)CC2)CC1. The molecule has 0 atom stereocenters. The zero-order chi connectivity index (χ0) is 19.2. The van der Waals surface area contributed by atoms with E-state index in [1.54, 1.807) is 0 Å². The fourth-order valence-corrected chi connectivity index (χ4v) is 4.13. The molecule has 0 saturated carbocycles. The summed E-state index contributed by atoms with van der Waals surface area (Å²) in [4.78, 5) is 31.4. The number of piperidine rings is 1. The molecule has 0 bridgehead atoms. The second-order valence-corrected chi connectivity index (χ2v) is 7.91. The lowest BCUT2D eigenvalue weighted by atomic mass is 9.94. The van der Waals surface area contributed by atoms with E-state index >= 15 is 0 Å². The summed E-state index contributed by atoms with van der Waals surface area (Å²) in [5.41, 5.74) is 2.52. The van der Waals surface area contributed by atoms with Crippen LogP contribution >= 0.6 is 0 Å². The third-order valence-corrected chi connectivity index (χ3v) is 5.90. The van der Waals surface area contributed by atoms with Gasteiger partial charge in [0.1, 0.15) is 0 Å². The first kappa shape index (κ1) is 19.7. The van der Waals surface area contributed by atoms with Gasteiger partial charge in [-0.1, -0.05) is 25.5 Å². The van der Waals surface area contributed by atoms with Crippen molar-refractivity contribution < 1.29 is 9.59 Å². The van der Waals surface area contributed by atoms with Gasteiger partial charge in [0.05, 0.1) is 0 Å². The molecule has 0 aliphatic carbocycles. The molecule has 0 spiro atoms. The number of benzene rings is 1. The average Bonchev–Trinajstić information content (AvgIpc) is 2.71. The van der Waals surface area contributed by atoms with Gasteiger partial charge in [-0.05, 0) is 43.9 Å². The van der Waals surface area contributed by atoms with E-state index in [0.717, 1.165) is 65.0 Å². The molecule has 27 heavy (non-hydrogen) atoms. The van der Waals surface area contributed by atoms with Crippen LogP contribution in [0.5, 0.6) is 0 Å². The molecule has 0 unspecified atom stereocenters. The van der Waals surface area contributed by atoms with Gasteiger partial charge in [0.15, 0.2) is 0 Å². The van der Waals surface area contributed by atoms with Crippen LogP contribution in [0.4, 0.5) is 5.69 Å². The third-order valence-electron chi connectivity index (χ3n) is 5.90. The molecule has 2 heterocycles. The molecule has 5 heteroatoms. The van der Waals surface area contributed by atoms with Gasteiger partial charge in [-0.3, -0.25) is 9.59 Å². The number of anilines is 1. The van der Waals surface area contributed by atoms with Gasteiger partial charge in [0.2, 0.25) is 11.8 Å². The van der Waals surface area contributed by atoms with E-state index in [0.29, 0.717) is 12.3 Å². The van der Waals surface area contributed by atoms with Crippen LogP contribution in [-0.2, 0) is 9.59 Å². The molecule has 148 valence electrons. The first-order chi connectivity index (χ1) is 13.1. The van der Waals surface area contributed by atoms with Crippen molar-refractivity contribution in [3.63, 3.8) is 0 Å². The van der Waals surface area contributed by atoms with Crippen LogP contribution in [-0.4, -0.2) is 60.9 Å². The van der Waals surface area contributed by atoms with Crippen molar-refractivity contribution in [2.45, 2.75) is 46.0 Å². The van der Waals surface area contributed by atoms with Gasteiger partial charge >= 0.3 is 0 Å². The number of hydrogen-bond acceptors (Lipinski definition) is 3. The minimum absolute atomic E-state index is 0.0887. The lowest BCUT2D eigenvalue weighted by molar-refractivity contribution is -0.141. The Labute approximate surface area is 163 Å². The topological polar surface area (TPSA) is 43.9 Å². The first-order valence-corrected chi connectivity index (χ1v) is 10.5. The molecule has 0 N–H and O–H groups in total. The van der Waals surface area contributed by atoms with Gasteiger partial charge in [-0.15, -0.1) is 0 Å². The minimum atomic E-state index is 0.0887. The highest BCUT2D eigenvalue weighted by Crippen LogP contribution is 2.23. The Morgan fingerprint density at radius 2 is 1.70 bits per heavy atom. The second-order valence-electron chi connectivity index (χ2n) is 7.91. The normalized spacial score (nSPS) is 18.7. The van der Waals surface area contributed by atoms with E-state index in [-0.39, 0.29) is 11.8 Å². The van der Waals surface area contributed by atoms with Gasteiger partial charge in [-0.2, -0.15) is 0 Å². The highest BCUT2D eigenvalue weighted by molar-refractivity contribution is 5.80. The number of carbonyl (C=O) groups excluding carboxylic acids is 2. The maximum Gasteiger partial charge on any atom is 0.225 e. The standard InChI is InChI=1S/C22H33N3O2/c1-3-4-8-21(26)24-11-9-19(10-12-24)22(27)25-15-13-23(14-16-25)20-7-5-6-18(2)17-20/h5-7,17,19H,3-4,8-16H2,1-2H3. The van der Waals surface area contributed by atoms with Crippen LogP contribution in [0.2, 0.25) is 0 Å². The fraction of sp³-hybridized carbons (Fsp3) is 0.636. The first-order valence-electron chi connectivity index (χ1n) is 10.5. The molecule has 1 aromatic carbocycles. The van der Waals surface area contributed by atoms with Gasteiger partial charge in [0, 0.05) is 57.3 Å². The summed E-state index contributed by atoms with van der Waals surface area (Å²) in [5.74, 6) is 0.639. The fourth-order valence-electron chi connectivity index (χ4n) is 4.13. The number of hydrogen-bond donors (Lipinski definition) is 0. The molecular formula is C22H33N3O2. The molecule has 3 rings (SSSR count). The summed E-state index contributed by atoms with van der Waals surface area (Å²) < 4.78 is 0. The number of amides is 2. The van der Waals surface area contributed by atoms with Crippen molar-refractivity contribution in [1.82, 2.24) is 9.80 Å². The highest BCUT2D eigenvalue weighted by Gasteiger charge is 2.31. The van der Waals surface area contributed by atoms with Crippen LogP contribution in [0, 0.1) is 12.8 Å². The van der Waals surface area contributed by atoms with Crippen molar-refractivity contribution in [3.05, 3.63) is 29.8 Å². The van der Waals surface area contributed by atoms with Crippen molar-refractivity contribution in [1.29, 1.82) is 0 Å². The van der Waals surface area contributed by atoms with E-state index in [4.69, 9.17) is 0 Å². The zero-order valence-electron chi connectivity index (χ0n) is 16.8. The predicted molar refractivity (Wildman–Crippen MR) is 109 cm³/mol. The van der Waals surface area contributed by atoms with Gasteiger partial charge in [-0.25, -0.2) is 0 Å². The van der Waals surface area contributed by atoms with E-state index in [2.05, 4.69) is 43.0 Å². The number of nitrogens with zero attached hydrogens (tertiary/aromatic N) is 3. The van der Waals surface area contributed by atoms with E-state index < -0.39 is 0 Å². The molecule has 2 amide bonds. The highest BCUT2D eigenvalue weighted by atomic mass is 16.2. The zero-order valence-corrected chi connectivity index (χ0v) is 16.8. The van der Waals surface area contributed by atoms with Crippen molar-refractivity contribution in [2.75, 3.05) is 44.2 Å². The van der Waals surface area contributed by atoms with Crippen LogP contribution in [0.3, 0.4) is 0 Å². The Kier molecular flexibility index (Phi) is 6.75. The Balaban J connectivity index is 1.45. The van der Waals surface area contributed by atoms with E-state index in [1.165, 1.54) is 11.3 Å². The third kappa shape index (κ3) is 5.02. The Bertz CT molecular complexity index is 645. The summed E-state index contributed by atoms with van der Waals surface area (Å²) in [6, 6.07) is 8.57. The van der Waals surface area contributed by atoms with Crippen molar-refractivity contribution in [3.8, 4) is 0 Å². The average molecular weight is 372 g/mol. The van der Waals surface area contributed by atoms with Crippen molar-refractivity contribution in [2.24, 2.45) is 5.92 Å². The molecule has 2 saturated heterocycles. The van der Waals surface area contributed by atoms with Crippen LogP contribution in [0.1, 0.15) is 44.6 Å². The van der Waals surface area contributed by atoms with E-state index in [9.17, 15) is 9.59 Å². The maximum absolute atomic E-state index is 12.9. The van der Waals surface area contributed by atoms with E-state index in [1.807, 2.05) is 9.80 Å². The summed E-state index contributed by atoms with van der Waals surface area (Å²) in [6.45, 7) is 9.07. The number of rotatable bonds is 5. The maximum atomic E-state index is 12.9. The number of likely N-dealkylation sites (tertiary alicyclic amines) is 1. The summed E-state index contributed by atoms with van der Waals surface area (Å²) in [7, 11) is 0. The molecular weight excluding hydrogens is 338 g/mol. The smallest absolute Gasteiger partial charge is 0.225 e. The molecule has 5 nitrogen and oxygen atoms in total. The molecule has 2 aliphatic heterocycles. The molecule has 1 aromatic rings. The Morgan fingerprint density at radius 1 is 1.00 bits per heavy atom. The van der Waals surface area contributed by atoms with Crippen LogP contribution < -0.4 is 4.90 Å². The summed E-state index contributed by atoms with van der Waals surface area (Å²) >= 11 is 0. The van der Waals surface area contributed by atoms with Gasteiger partial charge in [0.25, 0.3) is 0 Å². The quantitative estimate of drug-likeness (QED) is 0.799. The predicted octanol–water partition coefficient (Wildman–Crippen LogP) is 3.07. The largest absolute Gasteiger partial charge is 0.368 e. The monoisotopic (exact) mass is 371 g/mol. The molecule has 0 radical (unpaired) electrons. The lowest BCUT2D eigenvalue weighted by Crippen LogP contribution is -2.52. The van der Waals surface area contributed by atoms with Gasteiger partial charge < -0.3 is 14.7 Å². The molecule has 0 aromatic heterocycles. The van der Waals surface area contributed by atoms with Crippen LogP contribution in [0.15, 0.2) is 24.3 Å². The molecule has 2 aliphatic rings.